The lowest BCUT2D eigenvalue weighted by Gasteiger charge is -2.32. The van der Waals surface area contributed by atoms with Gasteiger partial charge in [0.15, 0.2) is 0 Å². The molecule has 0 aliphatic carbocycles. The number of benzene rings is 2. The fourth-order valence-electron chi connectivity index (χ4n) is 3.28. The number of nitrogens with one attached hydrogen (secondary N) is 1. The lowest BCUT2D eigenvalue weighted by Crippen LogP contribution is -2.52. The Labute approximate surface area is 225 Å². The van der Waals surface area contributed by atoms with Gasteiger partial charge in [0, 0.05) is 27.1 Å². The van der Waals surface area contributed by atoms with E-state index in [9.17, 15) is 18.0 Å². The van der Waals surface area contributed by atoms with Gasteiger partial charge in [0.25, 0.3) is 0 Å². The third-order valence-corrected chi connectivity index (χ3v) is 8.25. The highest BCUT2D eigenvalue weighted by molar-refractivity contribution is 9.10. The molecule has 2 amide bonds. The highest BCUT2D eigenvalue weighted by Gasteiger charge is 2.31. The Morgan fingerprint density at radius 2 is 1.77 bits per heavy atom. The summed E-state index contributed by atoms with van der Waals surface area (Å²) in [7, 11) is -3.81. The molecular formula is C24H30BrCl2N3O4S. The number of nitrogens with zero attached hydrogens (tertiary/aromatic N) is 2. The third-order valence-electron chi connectivity index (χ3n) is 5.63. The number of amides is 2. The molecule has 0 unspecified atom stereocenters. The van der Waals surface area contributed by atoms with Crippen LogP contribution in [0.3, 0.4) is 0 Å². The minimum absolute atomic E-state index is 0.000889. The second kappa shape index (κ2) is 12.4. The molecule has 7 nitrogen and oxygen atoms in total. The minimum Gasteiger partial charge on any atom is -0.352 e. The van der Waals surface area contributed by atoms with E-state index in [1.54, 1.807) is 43.3 Å². The molecule has 2 aromatic rings. The zero-order valence-electron chi connectivity index (χ0n) is 20.3. The van der Waals surface area contributed by atoms with E-state index < -0.39 is 28.5 Å². The van der Waals surface area contributed by atoms with E-state index in [1.165, 1.54) is 4.90 Å². The zero-order valence-corrected chi connectivity index (χ0v) is 24.2. The first-order valence-corrected chi connectivity index (χ1v) is 14.4. The van der Waals surface area contributed by atoms with Crippen LogP contribution in [0.15, 0.2) is 40.9 Å². The molecular weight excluding hydrogens is 577 g/mol. The molecule has 0 aliphatic rings. The molecule has 0 saturated heterocycles. The van der Waals surface area contributed by atoms with Crippen molar-refractivity contribution in [2.24, 2.45) is 0 Å². The zero-order chi connectivity index (χ0) is 26.5. The number of rotatable bonds is 10. The summed E-state index contributed by atoms with van der Waals surface area (Å²) in [6.07, 6.45) is 1.76. The molecule has 0 spiro atoms. The van der Waals surface area contributed by atoms with Crippen LogP contribution in [0.5, 0.6) is 0 Å². The van der Waals surface area contributed by atoms with E-state index >= 15 is 0 Å². The molecule has 0 heterocycles. The van der Waals surface area contributed by atoms with E-state index in [2.05, 4.69) is 21.2 Å². The van der Waals surface area contributed by atoms with Crippen LogP contribution >= 0.6 is 39.1 Å². The van der Waals surface area contributed by atoms with E-state index in [0.717, 1.165) is 27.0 Å². The Morgan fingerprint density at radius 3 is 2.31 bits per heavy atom. The summed E-state index contributed by atoms with van der Waals surface area (Å²) in [4.78, 5) is 27.8. The summed E-state index contributed by atoms with van der Waals surface area (Å²) in [5.74, 6) is -0.892. The largest absolute Gasteiger partial charge is 0.352 e. The van der Waals surface area contributed by atoms with Gasteiger partial charge in [0.05, 0.1) is 11.9 Å². The van der Waals surface area contributed by atoms with Crippen molar-refractivity contribution >= 4 is 66.7 Å². The summed E-state index contributed by atoms with van der Waals surface area (Å²) < 4.78 is 27.2. The normalized spacial score (nSPS) is 13.1. The van der Waals surface area contributed by atoms with Gasteiger partial charge in [-0.25, -0.2) is 8.42 Å². The highest BCUT2D eigenvalue weighted by Crippen LogP contribution is 2.26. The van der Waals surface area contributed by atoms with Crippen molar-refractivity contribution in [2.45, 2.75) is 52.7 Å². The minimum atomic E-state index is -3.81. The summed E-state index contributed by atoms with van der Waals surface area (Å²) in [5, 5.41) is 3.66. The number of aryl methyl sites for hydroxylation is 1. The summed E-state index contributed by atoms with van der Waals surface area (Å²) >= 11 is 15.8. The summed E-state index contributed by atoms with van der Waals surface area (Å²) in [5.41, 5.74) is 1.75. The Morgan fingerprint density at radius 1 is 1.11 bits per heavy atom. The number of hydrogen-bond acceptors (Lipinski definition) is 4. The molecule has 11 heteroatoms. The van der Waals surface area contributed by atoms with Gasteiger partial charge in [0.1, 0.15) is 12.6 Å². The molecule has 2 atom stereocenters. The topological polar surface area (TPSA) is 86.8 Å². The molecule has 0 saturated carbocycles. The van der Waals surface area contributed by atoms with E-state index in [0.29, 0.717) is 21.3 Å². The SMILES string of the molecule is CC[C@H](C)NC(=O)[C@@H](C)N(Cc1ccc(Cl)cc1Cl)C(=O)CN(c1ccc(Br)c(C)c1)S(C)(=O)=O. The molecule has 0 fully saturated rings. The molecule has 0 aliphatic heterocycles. The Bertz CT molecular complexity index is 1190. The van der Waals surface area contributed by atoms with Crippen molar-refractivity contribution in [1.29, 1.82) is 0 Å². The molecule has 192 valence electrons. The molecule has 2 aromatic carbocycles. The van der Waals surface area contributed by atoms with Gasteiger partial charge in [-0.3, -0.25) is 13.9 Å². The van der Waals surface area contributed by atoms with Crippen LogP contribution in [-0.4, -0.2) is 50.0 Å². The number of anilines is 1. The van der Waals surface area contributed by atoms with Crippen LogP contribution in [0.4, 0.5) is 5.69 Å². The van der Waals surface area contributed by atoms with Gasteiger partial charge in [-0.1, -0.05) is 52.1 Å². The van der Waals surface area contributed by atoms with Crippen LogP contribution < -0.4 is 9.62 Å². The van der Waals surface area contributed by atoms with Gasteiger partial charge in [-0.15, -0.1) is 0 Å². The van der Waals surface area contributed by atoms with Gasteiger partial charge >= 0.3 is 0 Å². The monoisotopic (exact) mass is 605 g/mol. The van der Waals surface area contributed by atoms with Crippen molar-refractivity contribution in [2.75, 3.05) is 17.1 Å². The highest BCUT2D eigenvalue weighted by atomic mass is 79.9. The van der Waals surface area contributed by atoms with Gasteiger partial charge < -0.3 is 10.2 Å². The maximum absolute atomic E-state index is 13.6. The Balaban J connectivity index is 2.44. The van der Waals surface area contributed by atoms with Gasteiger partial charge in [0.2, 0.25) is 21.8 Å². The fraction of sp³-hybridized carbons (Fsp3) is 0.417. The van der Waals surface area contributed by atoms with E-state index in [-0.39, 0.29) is 18.5 Å². The van der Waals surface area contributed by atoms with Crippen LogP contribution in [0, 0.1) is 6.92 Å². The smallest absolute Gasteiger partial charge is 0.244 e. The van der Waals surface area contributed by atoms with Crippen molar-refractivity contribution < 1.29 is 18.0 Å². The molecule has 0 bridgehead atoms. The molecule has 1 N–H and O–H groups in total. The van der Waals surface area contributed by atoms with Crippen molar-refractivity contribution in [3.63, 3.8) is 0 Å². The first kappa shape index (κ1) is 29.4. The first-order valence-electron chi connectivity index (χ1n) is 11.0. The molecule has 2 rings (SSSR count). The fourth-order valence-corrected chi connectivity index (χ4v) is 4.84. The van der Waals surface area contributed by atoms with Crippen LogP contribution in [0.25, 0.3) is 0 Å². The van der Waals surface area contributed by atoms with Crippen LogP contribution in [0.1, 0.15) is 38.3 Å². The third kappa shape index (κ3) is 8.10. The maximum Gasteiger partial charge on any atom is 0.244 e. The van der Waals surface area contributed by atoms with E-state index in [4.69, 9.17) is 23.2 Å². The van der Waals surface area contributed by atoms with E-state index in [1.807, 2.05) is 20.8 Å². The number of carbonyl (C=O) groups is 2. The number of carbonyl (C=O) groups excluding carboxylic acids is 2. The average Bonchev–Trinajstić information content (AvgIpc) is 2.77. The second-order valence-electron chi connectivity index (χ2n) is 8.45. The average molecular weight is 607 g/mol. The number of hydrogen-bond donors (Lipinski definition) is 1. The van der Waals surface area contributed by atoms with Gasteiger partial charge in [-0.2, -0.15) is 0 Å². The Kier molecular flexibility index (Phi) is 10.4. The molecule has 0 aromatic heterocycles. The van der Waals surface area contributed by atoms with Crippen LogP contribution in [0.2, 0.25) is 10.0 Å². The van der Waals surface area contributed by atoms with Crippen molar-refractivity contribution in [1.82, 2.24) is 10.2 Å². The maximum atomic E-state index is 13.6. The standard InChI is InChI=1S/C24H30BrCl2N3O4S/c1-6-16(3)28-24(32)17(4)29(13-18-7-8-19(26)12-22(18)27)23(31)14-30(35(5,33)34)20-9-10-21(25)15(2)11-20/h7-12,16-17H,6,13-14H2,1-5H3,(H,28,32)/t16-,17+/m0/s1. The van der Waals surface area contributed by atoms with Crippen LogP contribution in [-0.2, 0) is 26.2 Å². The summed E-state index contributed by atoms with van der Waals surface area (Å²) in [6, 6.07) is 8.93. The molecule has 35 heavy (non-hydrogen) atoms. The predicted molar refractivity (Wildman–Crippen MR) is 145 cm³/mol. The Hall–Kier alpha value is -1.81. The first-order chi connectivity index (χ1) is 16.2. The second-order valence-corrected chi connectivity index (χ2v) is 12.1. The number of halogens is 3. The summed E-state index contributed by atoms with van der Waals surface area (Å²) in [6.45, 7) is 6.76. The molecule has 0 radical (unpaired) electrons. The lowest BCUT2D eigenvalue weighted by molar-refractivity contribution is -0.139. The quantitative estimate of drug-likeness (QED) is 0.405. The van der Waals surface area contributed by atoms with Gasteiger partial charge in [-0.05, 0) is 68.7 Å². The van der Waals surface area contributed by atoms with Crippen molar-refractivity contribution in [3.05, 3.63) is 62.0 Å². The van der Waals surface area contributed by atoms with Crippen molar-refractivity contribution in [3.8, 4) is 0 Å². The lowest BCUT2D eigenvalue weighted by atomic mass is 10.1. The number of sulfonamides is 1. The predicted octanol–water partition coefficient (Wildman–Crippen LogP) is 5.16.